The highest BCUT2D eigenvalue weighted by Gasteiger charge is 2.27. The molecular weight excluding hydrogens is 444 g/mol. The lowest BCUT2D eigenvalue weighted by Gasteiger charge is -2.25. The van der Waals surface area contributed by atoms with E-state index in [0.29, 0.717) is 30.3 Å². The first-order chi connectivity index (χ1) is 15.4. The van der Waals surface area contributed by atoms with E-state index in [-0.39, 0.29) is 16.1 Å². The van der Waals surface area contributed by atoms with Gasteiger partial charge in [-0.1, -0.05) is 36.4 Å². The number of aryl methyl sites for hydroxylation is 1. The maximum Gasteiger partial charge on any atom is 0.243 e. The van der Waals surface area contributed by atoms with Crippen LogP contribution in [0.25, 0.3) is 11.0 Å². The number of hydrogen-bond acceptors (Lipinski definition) is 5. The lowest BCUT2D eigenvalue weighted by Crippen LogP contribution is -2.35. The smallest absolute Gasteiger partial charge is 0.243 e. The molecule has 2 aromatic carbocycles. The van der Waals surface area contributed by atoms with Crippen molar-refractivity contribution < 1.29 is 13.2 Å². The number of imidazole rings is 1. The average Bonchev–Trinajstić information content (AvgIpc) is 3.16. The van der Waals surface area contributed by atoms with Crippen molar-refractivity contribution in [2.75, 3.05) is 18.4 Å². The molecule has 0 saturated carbocycles. The van der Waals surface area contributed by atoms with E-state index in [2.05, 4.69) is 5.32 Å². The van der Waals surface area contributed by atoms with Crippen molar-refractivity contribution >= 4 is 44.4 Å². The van der Waals surface area contributed by atoms with Gasteiger partial charge in [0.05, 0.1) is 21.2 Å². The van der Waals surface area contributed by atoms with Crippen molar-refractivity contribution in [2.45, 2.75) is 55.0 Å². The molecule has 1 amide bonds. The summed E-state index contributed by atoms with van der Waals surface area (Å²) in [6.07, 6.45) is 2.87. The maximum atomic E-state index is 13.1. The Hall–Kier alpha value is -2.36. The van der Waals surface area contributed by atoms with Gasteiger partial charge in [-0.2, -0.15) is 4.31 Å². The minimum absolute atomic E-state index is 0.107. The third-order valence-electron chi connectivity index (χ3n) is 5.65. The van der Waals surface area contributed by atoms with E-state index in [1.807, 2.05) is 54.8 Å². The van der Waals surface area contributed by atoms with Gasteiger partial charge in [-0.3, -0.25) is 4.79 Å². The Labute approximate surface area is 193 Å². The zero-order valence-electron chi connectivity index (χ0n) is 18.3. The largest absolute Gasteiger partial charge is 0.325 e. The number of piperidine rings is 1. The Morgan fingerprint density at radius 2 is 1.84 bits per heavy atom. The summed E-state index contributed by atoms with van der Waals surface area (Å²) in [6, 6.07) is 14.5. The van der Waals surface area contributed by atoms with Gasteiger partial charge in [0.25, 0.3) is 0 Å². The SMILES string of the molecule is CCn1c(S[C@@H](C)C(=O)Nc2ccccc2)nc2cc(S(=O)(=O)N3CCCCC3)ccc21. The number of amides is 1. The van der Waals surface area contributed by atoms with Gasteiger partial charge in [0.15, 0.2) is 5.16 Å². The van der Waals surface area contributed by atoms with Crippen molar-refractivity contribution in [1.29, 1.82) is 0 Å². The third kappa shape index (κ3) is 4.69. The van der Waals surface area contributed by atoms with Crippen LogP contribution in [0.15, 0.2) is 58.6 Å². The van der Waals surface area contributed by atoms with Gasteiger partial charge in [0, 0.05) is 25.3 Å². The zero-order valence-corrected chi connectivity index (χ0v) is 20.0. The number of para-hydroxylation sites is 1. The molecule has 1 atom stereocenters. The number of nitrogens with zero attached hydrogens (tertiary/aromatic N) is 3. The quantitative estimate of drug-likeness (QED) is 0.517. The van der Waals surface area contributed by atoms with Crippen LogP contribution in [0.1, 0.15) is 33.1 Å². The lowest BCUT2D eigenvalue weighted by atomic mass is 10.2. The van der Waals surface area contributed by atoms with Crippen molar-refractivity contribution in [3.63, 3.8) is 0 Å². The summed E-state index contributed by atoms with van der Waals surface area (Å²) in [7, 11) is -3.52. The van der Waals surface area contributed by atoms with Crippen LogP contribution in [0.4, 0.5) is 5.69 Å². The Balaban J connectivity index is 1.57. The van der Waals surface area contributed by atoms with Gasteiger partial charge >= 0.3 is 0 Å². The van der Waals surface area contributed by atoms with E-state index in [1.165, 1.54) is 11.8 Å². The van der Waals surface area contributed by atoms with E-state index >= 15 is 0 Å². The topological polar surface area (TPSA) is 84.3 Å². The van der Waals surface area contributed by atoms with Crippen LogP contribution in [-0.2, 0) is 21.4 Å². The summed E-state index contributed by atoms with van der Waals surface area (Å²) >= 11 is 1.37. The molecular formula is C23H28N4O3S2. The second kappa shape index (κ2) is 9.64. The monoisotopic (exact) mass is 472 g/mol. The highest BCUT2D eigenvalue weighted by Crippen LogP contribution is 2.30. The van der Waals surface area contributed by atoms with E-state index in [4.69, 9.17) is 4.98 Å². The molecule has 1 aromatic heterocycles. The number of aromatic nitrogens is 2. The van der Waals surface area contributed by atoms with Crippen LogP contribution in [-0.4, -0.2) is 46.5 Å². The predicted octanol–water partition coefficient (Wildman–Crippen LogP) is 4.35. The number of sulfonamides is 1. The first-order valence-electron chi connectivity index (χ1n) is 10.9. The van der Waals surface area contributed by atoms with E-state index < -0.39 is 10.0 Å². The molecule has 1 N–H and O–H groups in total. The molecule has 4 rings (SSSR count). The fraction of sp³-hybridized carbons (Fsp3) is 0.391. The first-order valence-corrected chi connectivity index (χ1v) is 13.2. The van der Waals surface area contributed by atoms with Gasteiger partial charge in [-0.25, -0.2) is 13.4 Å². The van der Waals surface area contributed by atoms with Gasteiger partial charge in [-0.05, 0) is 57.0 Å². The molecule has 1 aliphatic rings. The van der Waals surface area contributed by atoms with Gasteiger partial charge in [0.2, 0.25) is 15.9 Å². The number of anilines is 1. The minimum atomic E-state index is -3.52. The van der Waals surface area contributed by atoms with Crippen LogP contribution < -0.4 is 5.32 Å². The van der Waals surface area contributed by atoms with Crippen LogP contribution in [0.5, 0.6) is 0 Å². The number of thioether (sulfide) groups is 1. The van der Waals surface area contributed by atoms with Crippen LogP contribution in [0.2, 0.25) is 0 Å². The second-order valence-corrected chi connectivity index (χ2v) is 11.1. The van der Waals surface area contributed by atoms with E-state index in [0.717, 1.165) is 30.5 Å². The van der Waals surface area contributed by atoms with Crippen molar-refractivity contribution in [1.82, 2.24) is 13.9 Å². The van der Waals surface area contributed by atoms with Crippen LogP contribution >= 0.6 is 11.8 Å². The number of fused-ring (bicyclic) bond motifs is 1. The molecule has 0 aliphatic carbocycles. The first kappa shape index (κ1) is 22.8. The molecule has 0 bridgehead atoms. The van der Waals surface area contributed by atoms with Crippen LogP contribution in [0.3, 0.4) is 0 Å². The highest BCUT2D eigenvalue weighted by atomic mass is 32.2. The molecule has 7 nitrogen and oxygen atoms in total. The summed E-state index contributed by atoms with van der Waals surface area (Å²) in [5.74, 6) is -0.107. The fourth-order valence-corrected chi connectivity index (χ4v) is 6.40. The highest BCUT2D eigenvalue weighted by molar-refractivity contribution is 8.00. The van der Waals surface area contributed by atoms with E-state index in [1.54, 1.807) is 16.4 Å². The Bertz CT molecular complexity index is 1200. The van der Waals surface area contributed by atoms with Gasteiger partial charge in [0.1, 0.15) is 0 Å². The lowest BCUT2D eigenvalue weighted by molar-refractivity contribution is -0.115. The number of benzene rings is 2. The Morgan fingerprint density at radius 3 is 2.53 bits per heavy atom. The maximum absolute atomic E-state index is 13.1. The number of hydrogen-bond donors (Lipinski definition) is 1. The summed E-state index contributed by atoms with van der Waals surface area (Å²) in [5, 5.41) is 3.25. The second-order valence-electron chi connectivity index (χ2n) is 7.87. The normalized spacial score (nSPS) is 16.2. The predicted molar refractivity (Wildman–Crippen MR) is 128 cm³/mol. The number of rotatable bonds is 7. The minimum Gasteiger partial charge on any atom is -0.325 e. The molecule has 9 heteroatoms. The zero-order chi connectivity index (χ0) is 22.7. The molecule has 170 valence electrons. The summed E-state index contributed by atoms with van der Waals surface area (Å²) < 4.78 is 29.7. The number of carbonyl (C=O) groups excluding carboxylic acids is 1. The standard InChI is InChI=1S/C23H28N4O3S2/c1-3-27-21-13-12-19(32(29,30)26-14-8-5-9-15-26)16-20(21)25-23(27)31-17(2)22(28)24-18-10-6-4-7-11-18/h4,6-7,10-13,16-17H,3,5,8-9,14-15H2,1-2H3,(H,24,28)/t17-/m0/s1. The number of carbonyl (C=O) groups is 1. The molecule has 3 aromatic rings. The average molecular weight is 473 g/mol. The van der Waals surface area contributed by atoms with Crippen molar-refractivity contribution in [2.24, 2.45) is 0 Å². The molecule has 1 aliphatic heterocycles. The number of nitrogens with one attached hydrogen (secondary N) is 1. The summed E-state index contributed by atoms with van der Waals surface area (Å²) in [6.45, 7) is 5.66. The molecule has 32 heavy (non-hydrogen) atoms. The van der Waals surface area contributed by atoms with Crippen molar-refractivity contribution in [3.8, 4) is 0 Å². The third-order valence-corrected chi connectivity index (χ3v) is 8.63. The molecule has 0 radical (unpaired) electrons. The van der Waals surface area contributed by atoms with Crippen LogP contribution in [0, 0.1) is 0 Å². The molecule has 1 fully saturated rings. The fourth-order valence-electron chi connectivity index (χ4n) is 3.87. The van der Waals surface area contributed by atoms with Gasteiger partial charge in [-0.15, -0.1) is 0 Å². The van der Waals surface area contributed by atoms with Crippen molar-refractivity contribution in [3.05, 3.63) is 48.5 Å². The summed E-state index contributed by atoms with van der Waals surface area (Å²) in [5.41, 5.74) is 2.24. The Morgan fingerprint density at radius 1 is 1.12 bits per heavy atom. The summed E-state index contributed by atoms with van der Waals surface area (Å²) in [4.78, 5) is 17.6. The van der Waals surface area contributed by atoms with E-state index in [9.17, 15) is 13.2 Å². The molecule has 1 saturated heterocycles. The molecule has 2 heterocycles. The Kier molecular flexibility index (Phi) is 6.88. The molecule has 0 unspecified atom stereocenters. The van der Waals surface area contributed by atoms with Gasteiger partial charge < -0.3 is 9.88 Å². The molecule has 0 spiro atoms.